The summed E-state index contributed by atoms with van der Waals surface area (Å²) >= 11 is 0. The minimum absolute atomic E-state index is 0.00555. The van der Waals surface area contributed by atoms with E-state index in [1.54, 1.807) is 78.9 Å². The largest absolute Gasteiger partial charge is 0.497 e. The normalized spacial score (nSPS) is 11.0. The number of nitrogens with one attached hydrogen (secondary N) is 2. The third kappa shape index (κ3) is 8.32. The molecular weight excluding hydrogens is 560 g/mol. The summed E-state index contributed by atoms with van der Waals surface area (Å²) < 4.78 is 16.1. The molecule has 0 aliphatic heterocycles. The number of esters is 1. The number of hydrogen-bond donors (Lipinski definition) is 2. The van der Waals surface area contributed by atoms with E-state index in [9.17, 15) is 14.4 Å². The van der Waals surface area contributed by atoms with Crippen LogP contribution < -0.4 is 29.9 Å². The van der Waals surface area contributed by atoms with Crippen LogP contribution in [-0.4, -0.2) is 52.3 Å². The number of hydrazone groups is 1. The van der Waals surface area contributed by atoms with Crippen molar-refractivity contribution in [1.82, 2.24) is 10.7 Å². The maximum absolute atomic E-state index is 13.2. The zero-order valence-electron chi connectivity index (χ0n) is 24.7. The number of benzene rings is 4. The molecule has 0 bridgehead atoms. The number of methoxy groups -OCH3 is 2. The fourth-order valence-corrected chi connectivity index (χ4v) is 3.96. The Morgan fingerprint density at radius 1 is 0.750 bits per heavy atom. The zero-order valence-corrected chi connectivity index (χ0v) is 24.7. The van der Waals surface area contributed by atoms with E-state index < -0.39 is 17.8 Å². The highest BCUT2D eigenvalue weighted by molar-refractivity contribution is 6.05. The van der Waals surface area contributed by atoms with Gasteiger partial charge in [-0.3, -0.25) is 9.59 Å². The van der Waals surface area contributed by atoms with E-state index in [4.69, 9.17) is 14.2 Å². The SMILES string of the molecule is COc1cccc(C(=O)Oc2ccc(/C=N/NC(=O)/C(=C/c3ccc(N(C)C)cc3)NC(=O)c3ccccc3)cc2OC)c1. The molecule has 0 saturated carbocycles. The Balaban J connectivity index is 1.49. The average molecular weight is 593 g/mol. The van der Waals surface area contributed by atoms with Crippen LogP contribution in [-0.2, 0) is 4.79 Å². The number of carbonyl (C=O) groups is 3. The number of rotatable bonds is 11. The summed E-state index contributed by atoms with van der Waals surface area (Å²) in [6.45, 7) is 0. The van der Waals surface area contributed by atoms with Crippen molar-refractivity contribution >= 4 is 35.8 Å². The first-order valence-corrected chi connectivity index (χ1v) is 13.5. The Labute approximate surface area is 255 Å². The van der Waals surface area contributed by atoms with Crippen molar-refractivity contribution < 1.29 is 28.6 Å². The van der Waals surface area contributed by atoms with Crippen LogP contribution in [0.3, 0.4) is 0 Å². The van der Waals surface area contributed by atoms with Gasteiger partial charge < -0.3 is 24.4 Å². The Morgan fingerprint density at radius 2 is 1.45 bits per heavy atom. The second-order valence-corrected chi connectivity index (χ2v) is 9.60. The second kappa shape index (κ2) is 14.8. The number of nitrogens with zero attached hydrogens (tertiary/aromatic N) is 2. The molecule has 224 valence electrons. The highest BCUT2D eigenvalue weighted by Gasteiger charge is 2.16. The van der Waals surface area contributed by atoms with Crippen molar-refractivity contribution in [3.8, 4) is 17.2 Å². The predicted molar refractivity (Wildman–Crippen MR) is 169 cm³/mol. The van der Waals surface area contributed by atoms with Crippen molar-refractivity contribution in [2.24, 2.45) is 5.10 Å². The maximum Gasteiger partial charge on any atom is 0.343 e. The molecule has 0 spiro atoms. The zero-order chi connectivity index (χ0) is 31.5. The van der Waals surface area contributed by atoms with Gasteiger partial charge in [-0.15, -0.1) is 0 Å². The van der Waals surface area contributed by atoms with Gasteiger partial charge in [0.1, 0.15) is 11.4 Å². The third-order valence-electron chi connectivity index (χ3n) is 6.32. The maximum atomic E-state index is 13.2. The molecule has 0 unspecified atom stereocenters. The molecule has 0 aromatic heterocycles. The van der Waals surface area contributed by atoms with E-state index in [1.165, 1.54) is 20.4 Å². The Kier molecular flexibility index (Phi) is 10.5. The fraction of sp³-hybridized carbons (Fsp3) is 0.118. The molecule has 4 aromatic rings. The lowest BCUT2D eigenvalue weighted by Gasteiger charge is -2.13. The molecule has 0 aliphatic rings. The van der Waals surface area contributed by atoms with Crippen molar-refractivity contribution in [2.45, 2.75) is 0 Å². The smallest absolute Gasteiger partial charge is 0.343 e. The van der Waals surface area contributed by atoms with E-state index >= 15 is 0 Å². The molecule has 0 aliphatic carbocycles. The van der Waals surface area contributed by atoms with Gasteiger partial charge in [0.2, 0.25) is 0 Å². The molecule has 4 rings (SSSR count). The van der Waals surface area contributed by atoms with Gasteiger partial charge in [-0.1, -0.05) is 36.4 Å². The van der Waals surface area contributed by atoms with Crippen LogP contribution in [0.1, 0.15) is 31.8 Å². The van der Waals surface area contributed by atoms with Gasteiger partial charge in [0, 0.05) is 25.3 Å². The second-order valence-electron chi connectivity index (χ2n) is 9.60. The minimum Gasteiger partial charge on any atom is -0.497 e. The summed E-state index contributed by atoms with van der Waals surface area (Å²) in [5, 5.41) is 6.74. The van der Waals surface area contributed by atoms with E-state index in [-0.39, 0.29) is 17.2 Å². The molecule has 0 saturated heterocycles. The van der Waals surface area contributed by atoms with Gasteiger partial charge in [-0.05, 0) is 77.9 Å². The minimum atomic E-state index is -0.627. The lowest BCUT2D eigenvalue weighted by atomic mass is 10.1. The van der Waals surface area contributed by atoms with Crippen LogP contribution in [0.5, 0.6) is 17.2 Å². The summed E-state index contributed by atoms with van der Waals surface area (Å²) in [4.78, 5) is 40.6. The molecule has 0 atom stereocenters. The van der Waals surface area contributed by atoms with Crippen LogP contribution >= 0.6 is 0 Å². The van der Waals surface area contributed by atoms with Gasteiger partial charge in [0.25, 0.3) is 11.8 Å². The summed E-state index contributed by atoms with van der Waals surface area (Å²) in [5.41, 5.74) is 5.43. The molecular formula is C34H32N4O6. The third-order valence-corrected chi connectivity index (χ3v) is 6.32. The van der Waals surface area contributed by atoms with Crippen LogP contribution in [0.25, 0.3) is 6.08 Å². The van der Waals surface area contributed by atoms with Gasteiger partial charge in [-0.25, -0.2) is 10.2 Å². The molecule has 2 amide bonds. The summed E-state index contributed by atoms with van der Waals surface area (Å²) in [5.74, 6) is -0.629. The lowest BCUT2D eigenvalue weighted by Crippen LogP contribution is -2.32. The Hall–Kier alpha value is -5.90. The van der Waals surface area contributed by atoms with Crippen molar-refractivity contribution in [2.75, 3.05) is 33.2 Å². The molecule has 44 heavy (non-hydrogen) atoms. The van der Waals surface area contributed by atoms with Gasteiger partial charge in [0.15, 0.2) is 11.5 Å². The average Bonchev–Trinajstić information content (AvgIpc) is 3.05. The summed E-state index contributed by atoms with van der Waals surface area (Å²) in [7, 11) is 6.82. The molecule has 10 heteroatoms. The molecule has 2 N–H and O–H groups in total. The number of amides is 2. The summed E-state index contributed by atoms with van der Waals surface area (Å²) in [6, 6.07) is 27.5. The first kappa shape index (κ1) is 31.0. The molecule has 0 fully saturated rings. The Morgan fingerprint density at radius 3 is 2.14 bits per heavy atom. The van der Waals surface area contributed by atoms with Crippen molar-refractivity contribution in [3.05, 3.63) is 125 Å². The van der Waals surface area contributed by atoms with E-state index in [2.05, 4.69) is 15.8 Å². The molecule has 10 nitrogen and oxygen atoms in total. The van der Waals surface area contributed by atoms with E-state index in [0.717, 1.165) is 5.69 Å². The summed E-state index contributed by atoms with van der Waals surface area (Å²) in [6.07, 6.45) is 2.97. The first-order chi connectivity index (χ1) is 21.3. The van der Waals surface area contributed by atoms with Crippen molar-refractivity contribution in [3.63, 3.8) is 0 Å². The van der Waals surface area contributed by atoms with Gasteiger partial charge in [-0.2, -0.15) is 5.10 Å². The topological polar surface area (TPSA) is 119 Å². The lowest BCUT2D eigenvalue weighted by molar-refractivity contribution is -0.117. The molecule has 0 radical (unpaired) electrons. The number of hydrogen-bond acceptors (Lipinski definition) is 8. The van der Waals surface area contributed by atoms with Crippen LogP contribution in [0.2, 0.25) is 0 Å². The standard InChI is InChI=1S/C34H32N4O6/c1-38(2)27-16-13-23(14-17-27)19-29(36-32(39)25-9-6-5-7-10-25)33(40)37-35-22-24-15-18-30(31(20-24)43-4)44-34(41)26-11-8-12-28(21-26)42-3/h5-22H,1-4H3,(H,36,39)(H,37,40)/b29-19-,35-22+. The van der Waals surface area contributed by atoms with Crippen LogP contribution in [0, 0.1) is 0 Å². The molecule has 4 aromatic carbocycles. The number of anilines is 1. The van der Waals surface area contributed by atoms with Gasteiger partial charge >= 0.3 is 5.97 Å². The van der Waals surface area contributed by atoms with E-state index in [1.807, 2.05) is 43.3 Å². The number of carbonyl (C=O) groups excluding carboxylic acids is 3. The van der Waals surface area contributed by atoms with Crippen molar-refractivity contribution in [1.29, 1.82) is 0 Å². The quantitative estimate of drug-likeness (QED) is 0.0835. The van der Waals surface area contributed by atoms with Gasteiger partial charge in [0.05, 0.1) is 26.0 Å². The van der Waals surface area contributed by atoms with Crippen LogP contribution in [0.15, 0.2) is 108 Å². The monoisotopic (exact) mass is 592 g/mol. The predicted octanol–water partition coefficient (Wildman–Crippen LogP) is 4.91. The Bertz CT molecular complexity index is 1680. The highest BCUT2D eigenvalue weighted by Crippen LogP contribution is 2.29. The van der Waals surface area contributed by atoms with E-state index in [0.29, 0.717) is 28.0 Å². The first-order valence-electron chi connectivity index (χ1n) is 13.5. The molecule has 0 heterocycles. The van der Waals surface area contributed by atoms with Crippen LogP contribution in [0.4, 0.5) is 5.69 Å². The fourth-order valence-electron chi connectivity index (χ4n) is 3.96. The highest BCUT2D eigenvalue weighted by atomic mass is 16.6. The number of ether oxygens (including phenoxy) is 3.